The fraction of sp³-hybridized carbons (Fsp3) is 0.500. The number of hydrogen-bond donors (Lipinski definition) is 0. The van der Waals surface area contributed by atoms with Gasteiger partial charge in [0.05, 0.1) is 6.61 Å². The normalized spacial score (nSPS) is 15.1. The van der Waals surface area contributed by atoms with Crippen LogP contribution in [0, 0.1) is 6.92 Å². The van der Waals surface area contributed by atoms with Crippen LogP contribution in [0.5, 0.6) is 5.88 Å². The van der Waals surface area contributed by atoms with Crippen molar-refractivity contribution in [2.45, 2.75) is 46.3 Å². The van der Waals surface area contributed by atoms with Crippen molar-refractivity contribution in [2.24, 2.45) is 0 Å². The maximum absolute atomic E-state index is 12.2. The molecule has 1 saturated heterocycles. The van der Waals surface area contributed by atoms with E-state index in [-0.39, 0.29) is 6.09 Å². The summed E-state index contributed by atoms with van der Waals surface area (Å²) in [5, 5.41) is 0. The number of ether oxygens (including phenoxy) is 2. The molecule has 1 fully saturated rings. The molecule has 30 heavy (non-hydrogen) atoms. The van der Waals surface area contributed by atoms with Gasteiger partial charge in [-0.2, -0.15) is 0 Å². The first-order valence-electron chi connectivity index (χ1n) is 10.6. The monoisotopic (exact) mass is 411 g/mol. The second-order valence-corrected chi connectivity index (χ2v) is 8.83. The maximum Gasteiger partial charge on any atom is 0.410 e. The van der Waals surface area contributed by atoms with Crippen LogP contribution >= 0.6 is 0 Å². The number of pyridine rings is 1. The SMILES string of the molecule is Cc1ccc(OCCc2ccc(CN3CCN(C(=O)OC(C)(C)C)CC3)cc2)nc1. The molecule has 0 radical (unpaired) electrons. The van der Waals surface area contributed by atoms with E-state index in [1.54, 1.807) is 4.90 Å². The van der Waals surface area contributed by atoms with E-state index in [2.05, 4.69) is 34.1 Å². The van der Waals surface area contributed by atoms with Gasteiger partial charge in [-0.1, -0.05) is 30.3 Å². The molecule has 2 aromatic rings. The van der Waals surface area contributed by atoms with Gasteiger partial charge in [-0.25, -0.2) is 9.78 Å². The Labute approximate surface area is 179 Å². The largest absolute Gasteiger partial charge is 0.477 e. The Morgan fingerprint density at radius 2 is 1.67 bits per heavy atom. The number of amides is 1. The van der Waals surface area contributed by atoms with Crippen molar-refractivity contribution in [3.8, 4) is 5.88 Å². The number of aryl methyl sites for hydroxylation is 1. The highest BCUT2D eigenvalue weighted by Gasteiger charge is 2.25. The zero-order valence-electron chi connectivity index (χ0n) is 18.6. The second-order valence-electron chi connectivity index (χ2n) is 8.83. The molecule has 0 spiro atoms. The first-order valence-corrected chi connectivity index (χ1v) is 10.6. The summed E-state index contributed by atoms with van der Waals surface area (Å²) in [5.74, 6) is 0.669. The average molecular weight is 412 g/mol. The molecule has 6 heteroatoms. The van der Waals surface area contributed by atoms with Gasteiger partial charge in [0.2, 0.25) is 5.88 Å². The van der Waals surface area contributed by atoms with Crippen LogP contribution in [0.15, 0.2) is 42.6 Å². The van der Waals surface area contributed by atoms with Crippen molar-refractivity contribution in [3.05, 3.63) is 59.3 Å². The predicted octanol–water partition coefficient (Wildman–Crippen LogP) is 4.06. The minimum Gasteiger partial charge on any atom is -0.477 e. The molecule has 0 saturated carbocycles. The van der Waals surface area contributed by atoms with E-state index in [0.29, 0.717) is 25.6 Å². The molecule has 1 aliphatic rings. The smallest absolute Gasteiger partial charge is 0.410 e. The van der Waals surface area contributed by atoms with Gasteiger partial charge >= 0.3 is 6.09 Å². The Morgan fingerprint density at radius 1 is 1.00 bits per heavy atom. The highest BCUT2D eigenvalue weighted by Crippen LogP contribution is 2.14. The Morgan fingerprint density at radius 3 is 2.27 bits per heavy atom. The molecule has 3 rings (SSSR count). The Balaban J connectivity index is 1.39. The zero-order chi connectivity index (χ0) is 21.6. The van der Waals surface area contributed by atoms with Gasteiger partial charge in [-0.15, -0.1) is 0 Å². The fourth-order valence-corrected chi connectivity index (χ4v) is 3.30. The van der Waals surface area contributed by atoms with Crippen molar-refractivity contribution in [1.29, 1.82) is 0 Å². The lowest BCUT2D eigenvalue weighted by atomic mass is 10.1. The summed E-state index contributed by atoms with van der Waals surface area (Å²) in [4.78, 5) is 20.6. The van der Waals surface area contributed by atoms with Crippen LogP contribution in [0.4, 0.5) is 4.79 Å². The molecule has 0 aliphatic carbocycles. The highest BCUT2D eigenvalue weighted by atomic mass is 16.6. The average Bonchev–Trinajstić information content (AvgIpc) is 2.70. The van der Waals surface area contributed by atoms with Gasteiger partial charge in [0.1, 0.15) is 5.60 Å². The van der Waals surface area contributed by atoms with Gasteiger partial charge < -0.3 is 14.4 Å². The van der Waals surface area contributed by atoms with Crippen molar-refractivity contribution in [1.82, 2.24) is 14.8 Å². The van der Waals surface area contributed by atoms with E-state index in [1.807, 2.05) is 46.0 Å². The van der Waals surface area contributed by atoms with Gasteiger partial charge in [0, 0.05) is 51.4 Å². The first-order chi connectivity index (χ1) is 14.3. The molecule has 0 N–H and O–H groups in total. The molecule has 0 unspecified atom stereocenters. The van der Waals surface area contributed by atoms with E-state index in [0.717, 1.165) is 31.6 Å². The van der Waals surface area contributed by atoms with Crippen molar-refractivity contribution < 1.29 is 14.3 Å². The number of piperazine rings is 1. The molecule has 0 atom stereocenters. The van der Waals surface area contributed by atoms with Crippen LogP contribution in [-0.2, 0) is 17.7 Å². The summed E-state index contributed by atoms with van der Waals surface area (Å²) in [6.45, 7) is 12.3. The summed E-state index contributed by atoms with van der Waals surface area (Å²) in [7, 11) is 0. The van der Waals surface area contributed by atoms with Gasteiger partial charge in [0.25, 0.3) is 0 Å². The lowest BCUT2D eigenvalue weighted by Crippen LogP contribution is -2.49. The van der Waals surface area contributed by atoms with Gasteiger partial charge in [-0.05, 0) is 44.4 Å². The number of carbonyl (C=O) groups is 1. The predicted molar refractivity (Wildman–Crippen MR) is 118 cm³/mol. The number of carbonyl (C=O) groups excluding carboxylic acids is 1. The van der Waals surface area contributed by atoms with Crippen molar-refractivity contribution >= 4 is 6.09 Å². The molecule has 1 aliphatic heterocycles. The summed E-state index contributed by atoms with van der Waals surface area (Å²) in [6, 6.07) is 12.6. The number of rotatable bonds is 6. The van der Waals surface area contributed by atoms with Crippen LogP contribution in [0.1, 0.15) is 37.5 Å². The molecular formula is C24H33N3O3. The van der Waals surface area contributed by atoms with Crippen LogP contribution in [0.25, 0.3) is 0 Å². The molecule has 6 nitrogen and oxygen atoms in total. The first kappa shape index (κ1) is 22.1. The molecule has 2 heterocycles. The summed E-state index contributed by atoms with van der Waals surface area (Å²) >= 11 is 0. The van der Waals surface area contributed by atoms with E-state index in [4.69, 9.17) is 9.47 Å². The van der Waals surface area contributed by atoms with E-state index in [1.165, 1.54) is 11.1 Å². The Hall–Kier alpha value is -2.60. The lowest BCUT2D eigenvalue weighted by molar-refractivity contribution is 0.0139. The van der Waals surface area contributed by atoms with Crippen molar-refractivity contribution in [2.75, 3.05) is 32.8 Å². The van der Waals surface area contributed by atoms with Crippen LogP contribution in [-0.4, -0.2) is 59.3 Å². The topological polar surface area (TPSA) is 54.9 Å². The standard InChI is InChI=1S/C24H33N3O3/c1-19-5-10-22(25-17-19)29-16-11-20-6-8-21(9-7-20)18-26-12-14-27(15-13-26)23(28)30-24(2,3)4/h5-10,17H,11-16,18H2,1-4H3. The molecule has 1 aromatic carbocycles. The number of aromatic nitrogens is 1. The number of nitrogens with zero attached hydrogens (tertiary/aromatic N) is 3. The summed E-state index contributed by atoms with van der Waals surface area (Å²) in [5.41, 5.74) is 3.22. The summed E-state index contributed by atoms with van der Waals surface area (Å²) in [6.07, 6.45) is 2.46. The fourth-order valence-electron chi connectivity index (χ4n) is 3.30. The maximum atomic E-state index is 12.2. The second kappa shape index (κ2) is 9.94. The number of benzene rings is 1. The minimum absolute atomic E-state index is 0.213. The third kappa shape index (κ3) is 7.02. The zero-order valence-corrected chi connectivity index (χ0v) is 18.6. The van der Waals surface area contributed by atoms with Crippen LogP contribution in [0.3, 0.4) is 0 Å². The Bertz CT molecular complexity index is 805. The van der Waals surface area contributed by atoms with E-state index < -0.39 is 5.60 Å². The molecular weight excluding hydrogens is 378 g/mol. The van der Waals surface area contributed by atoms with Crippen molar-refractivity contribution in [3.63, 3.8) is 0 Å². The molecule has 1 aromatic heterocycles. The molecule has 162 valence electrons. The third-order valence-electron chi connectivity index (χ3n) is 4.98. The Kier molecular flexibility index (Phi) is 7.32. The van der Waals surface area contributed by atoms with Crippen LogP contribution < -0.4 is 4.74 Å². The number of hydrogen-bond acceptors (Lipinski definition) is 5. The minimum atomic E-state index is -0.447. The van der Waals surface area contributed by atoms with E-state index in [9.17, 15) is 4.79 Å². The van der Waals surface area contributed by atoms with E-state index >= 15 is 0 Å². The molecule has 1 amide bonds. The summed E-state index contributed by atoms with van der Waals surface area (Å²) < 4.78 is 11.2. The van der Waals surface area contributed by atoms with Gasteiger partial charge in [-0.3, -0.25) is 4.90 Å². The third-order valence-corrected chi connectivity index (χ3v) is 4.98. The van der Waals surface area contributed by atoms with Gasteiger partial charge in [0.15, 0.2) is 0 Å². The highest BCUT2D eigenvalue weighted by molar-refractivity contribution is 5.68. The van der Waals surface area contributed by atoms with Crippen LogP contribution in [0.2, 0.25) is 0 Å². The molecule has 0 bridgehead atoms. The quantitative estimate of drug-likeness (QED) is 0.717. The lowest BCUT2D eigenvalue weighted by Gasteiger charge is -2.35.